The molecule has 1 N–H and O–H groups in total. The van der Waals surface area contributed by atoms with Crippen molar-refractivity contribution in [2.75, 3.05) is 20.3 Å². The molecule has 6 nitrogen and oxygen atoms in total. The summed E-state index contributed by atoms with van der Waals surface area (Å²) in [6.45, 7) is 1.07. The van der Waals surface area contributed by atoms with Crippen LogP contribution in [0.15, 0.2) is 85.1 Å². The Balaban J connectivity index is 1.23. The number of nitrogens with zero attached hydrogens (tertiary/aromatic N) is 1. The minimum absolute atomic E-state index is 0.315. The van der Waals surface area contributed by atoms with Gasteiger partial charge in [0, 0.05) is 37.1 Å². The number of carbonyl (C=O) groups is 1. The Morgan fingerprint density at radius 3 is 2.18 bits per heavy atom. The van der Waals surface area contributed by atoms with Crippen LogP contribution in [0.4, 0.5) is 0 Å². The molecule has 0 spiro atoms. The van der Waals surface area contributed by atoms with Crippen molar-refractivity contribution >= 4 is 16.9 Å². The predicted octanol–water partition coefficient (Wildman–Crippen LogP) is 5.39. The summed E-state index contributed by atoms with van der Waals surface area (Å²) in [5.74, 6) is 0.580. The van der Waals surface area contributed by atoms with E-state index in [0.717, 1.165) is 45.5 Å². The van der Waals surface area contributed by atoms with Gasteiger partial charge in [-0.05, 0) is 41.5 Å². The molecule has 4 rings (SSSR count). The molecular formula is C28H27NO5. The summed E-state index contributed by atoms with van der Waals surface area (Å²) < 4.78 is 16.6. The number of carboxylic acids is 1. The Bertz CT molecular complexity index is 1220. The first-order valence-electron chi connectivity index (χ1n) is 11.2. The SMILES string of the molecule is COC(Cc1ccc(OCCCOc2ccc(-c3cccc4cccnc34)cc2)cc1)C(=O)O. The van der Waals surface area contributed by atoms with E-state index >= 15 is 0 Å². The molecule has 1 heterocycles. The monoisotopic (exact) mass is 457 g/mol. The lowest BCUT2D eigenvalue weighted by atomic mass is 10.0. The number of pyridine rings is 1. The van der Waals surface area contributed by atoms with E-state index in [1.807, 2.05) is 54.7 Å². The lowest BCUT2D eigenvalue weighted by molar-refractivity contribution is -0.148. The third kappa shape index (κ3) is 5.91. The second-order valence-corrected chi connectivity index (χ2v) is 7.87. The molecule has 0 saturated carbocycles. The number of carboxylic acid groups (broad SMARTS) is 1. The molecular weight excluding hydrogens is 430 g/mol. The first-order chi connectivity index (χ1) is 16.6. The van der Waals surface area contributed by atoms with Crippen LogP contribution in [0.3, 0.4) is 0 Å². The highest BCUT2D eigenvalue weighted by molar-refractivity contribution is 5.93. The van der Waals surface area contributed by atoms with Crippen molar-refractivity contribution < 1.29 is 24.1 Å². The molecule has 174 valence electrons. The Kier molecular flexibility index (Phi) is 7.73. The maximum atomic E-state index is 11.1. The Morgan fingerprint density at radius 2 is 1.53 bits per heavy atom. The zero-order valence-corrected chi connectivity index (χ0v) is 19.0. The molecule has 0 saturated heterocycles. The molecule has 0 radical (unpaired) electrons. The molecule has 6 heteroatoms. The number of benzene rings is 3. The maximum Gasteiger partial charge on any atom is 0.333 e. The van der Waals surface area contributed by atoms with E-state index in [2.05, 4.69) is 35.3 Å². The van der Waals surface area contributed by atoms with Crippen LogP contribution < -0.4 is 9.47 Å². The number of methoxy groups -OCH3 is 1. The molecule has 0 fully saturated rings. The Morgan fingerprint density at radius 1 is 0.882 bits per heavy atom. The van der Waals surface area contributed by atoms with E-state index < -0.39 is 12.1 Å². The van der Waals surface area contributed by atoms with Crippen LogP contribution in [0.2, 0.25) is 0 Å². The van der Waals surface area contributed by atoms with Crippen LogP contribution in [0, 0.1) is 0 Å². The Labute approximate surface area is 198 Å². The molecule has 0 bridgehead atoms. The van der Waals surface area contributed by atoms with Gasteiger partial charge in [-0.25, -0.2) is 4.79 Å². The number of para-hydroxylation sites is 1. The molecule has 0 amide bonds. The first-order valence-corrected chi connectivity index (χ1v) is 11.2. The summed E-state index contributed by atoms with van der Waals surface area (Å²) in [5.41, 5.74) is 4.07. The third-order valence-corrected chi connectivity index (χ3v) is 5.53. The number of hydrogen-bond donors (Lipinski definition) is 1. The Hall–Kier alpha value is -3.90. The summed E-state index contributed by atoms with van der Waals surface area (Å²) in [6.07, 6.45) is 2.02. The number of hydrogen-bond acceptors (Lipinski definition) is 5. The van der Waals surface area contributed by atoms with Gasteiger partial charge in [-0.15, -0.1) is 0 Å². The second-order valence-electron chi connectivity index (χ2n) is 7.87. The topological polar surface area (TPSA) is 77.9 Å². The number of aromatic nitrogens is 1. The molecule has 34 heavy (non-hydrogen) atoms. The molecule has 0 aliphatic rings. The van der Waals surface area contributed by atoms with Crippen molar-refractivity contribution in [1.29, 1.82) is 0 Å². The van der Waals surface area contributed by atoms with E-state index in [-0.39, 0.29) is 0 Å². The summed E-state index contributed by atoms with van der Waals surface area (Å²) >= 11 is 0. The van der Waals surface area contributed by atoms with Crippen molar-refractivity contribution in [3.05, 3.63) is 90.6 Å². The van der Waals surface area contributed by atoms with E-state index in [9.17, 15) is 4.79 Å². The first kappa shape index (κ1) is 23.3. The van der Waals surface area contributed by atoms with E-state index in [0.29, 0.717) is 19.6 Å². The number of rotatable bonds is 11. The zero-order valence-electron chi connectivity index (χ0n) is 19.0. The van der Waals surface area contributed by atoms with Crippen LogP contribution >= 0.6 is 0 Å². The fourth-order valence-electron chi connectivity index (χ4n) is 3.71. The molecule has 1 unspecified atom stereocenters. The minimum Gasteiger partial charge on any atom is -0.493 e. The molecule has 1 aromatic heterocycles. The van der Waals surface area contributed by atoms with Crippen molar-refractivity contribution in [3.8, 4) is 22.6 Å². The molecule has 3 aromatic carbocycles. The third-order valence-electron chi connectivity index (χ3n) is 5.53. The fourth-order valence-corrected chi connectivity index (χ4v) is 3.71. The molecule has 0 aliphatic heterocycles. The van der Waals surface area contributed by atoms with E-state index in [4.69, 9.17) is 19.3 Å². The fraction of sp³-hybridized carbons (Fsp3) is 0.214. The number of ether oxygens (including phenoxy) is 3. The number of fused-ring (bicyclic) bond motifs is 1. The van der Waals surface area contributed by atoms with Gasteiger partial charge in [0.15, 0.2) is 6.10 Å². The summed E-state index contributed by atoms with van der Waals surface area (Å²) in [7, 11) is 1.40. The minimum atomic E-state index is -0.969. The molecule has 0 aliphatic carbocycles. The highest BCUT2D eigenvalue weighted by Crippen LogP contribution is 2.28. The van der Waals surface area contributed by atoms with Gasteiger partial charge >= 0.3 is 5.97 Å². The lowest BCUT2D eigenvalue weighted by Gasteiger charge is -2.11. The van der Waals surface area contributed by atoms with Gasteiger partial charge in [-0.1, -0.05) is 48.5 Å². The van der Waals surface area contributed by atoms with E-state index in [1.54, 1.807) is 0 Å². The average Bonchev–Trinajstić information content (AvgIpc) is 2.88. The van der Waals surface area contributed by atoms with Crippen LogP contribution in [-0.2, 0) is 16.0 Å². The van der Waals surface area contributed by atoms with Crippen LogP contribution in [-0.4, -0.2) is 42.5 Å². The molecule has 1 atom stereocenters. The quantitative estimate of drug-likeness (QED) is 0.304. The standard InChI is InChI=1S/C28H27NO5/c1-32-26(28(30)31)19-20-8-12-23(13-9-20)33-17-4-18-34-24-14-10-21(11-15-24)25-7-2-5-22-6-3-16-29-27(22)25/h2-3,5-16,26H,4,17-19H2,1H3,(H,30,31). The maximum absolute atomic E-state index is 11.1. The highest BCUT2D eigenvalue weighted by Gasteiger charge is 2.16. The summed E-state index contributed by atoms with van der Waals surface area (Å²) in [6, 6.07) is 25.6. The smallest absolute Gasteiger partial charge is 0.333 e. The van der Waals surface area contributed by atoms with Gasteiger partial charge in [-0.3, -0.25) is 4.98 Å². The van der Waals surface area contributed by atoms with Crippen molar-refractivity contribution in [3.63, 3.8) is 0 Å². The summed E-state index contributed by atoms with van der Waals surface area (Å²) in [4.78, 5) is 15.6. The van der Waals surface area contributed by atoms with E-state index in [1.165, 1.54) is 7.11 Å². The van der Waals surface area contributed by atoms with Crippen LogP contribution in [0.25, 0.3) is 22.0 Å². The molecule has 4 aromatic rings. The van der Waals surface area contributed by atoms with Crippen molar-refractivity contribution in [2.45, 2.75) is 18.9 Å². The zero-order chi connectivity index (χ0) is 23.8. The average molecular weight is 458 g/mol. The summed E-state index contributed by atoms with van der Waals surface area (Å²) in [5, 5.41) is 10.2. The van der Waals surface area contributed by atoms with Gasteiger partial charge in [0.05, 0.1) is 18.7 Å². The largest absolute Gasteiger partial charge is 0.493 e. The van der Waals surface area contributed by atoms with Crippen LogP contribution in [0.5, 0.6) is 11.5 Å². The van der Waals surface area contributed by atoms with Gasteiger partial charge in [-0.2, -0.15) is 0 Å². The predicted molar refractivity (Wildman–Crippen MR) is 131 cm³/mol. The highest BCUT2D eigenvalue weighted by atomic mass is 16.5. The van der Waals surface area contributed by atoms with Crippen molar-refractivity contribution in [2.24, 2.45) is 0 Å². The normalized spacial score (nSPS) is 11.8. The second kappa shape index (κ2) is 11.3. The van der Waals surface area contributed by atoms with Gasteiger partial charge in [0.2, 0.25) is 0 Å². The van der Waals surface area contributed by atoms with Crippen molar-refractivity contribution in [1.82, 2.24) is 4.98 Å². The lowest BCUT2D eigenvalue weighted by Crippen LogP contribution is -2.24. The van der Waals surface area contributed by atoms with Gasteiger partial charge in [0.25, 0.3) is 0 Å². The van der Waals surface area contributed by atoms with Gasteiger partial charge in [0.1, 0.15) is 11.5 Å². The number of aliphatic carboxylic acids is 1. The van der Waals surface area contributed by atoms with Crippen LogP contribution in [0.1, 0.15) is 12.0 Å². The van der Waals surface area contributed by atoms with Gasteiger partial charge < -0.3 is 19.3 Å².